The molecule has 4 heterocycles. The SMILES string of the molecule is O=C1CCC(N2Cc3c(cccc3-n3cc(-c4n[nH]c5ccccc45)nn3)C2=O)C(=O)N1. The van der Waals surface area contributed by atoms with E-state index in [0.717, 1.165) is 16.5 Å². The normalized spacial score (nSPS) is 18.3. The third-order valence-corrected chi connectivity index (χ3v) is 6.01. The number of hydrogen-bond donors (Lipinski definition) is 2. The van der Waals surface area contributed by atoms with Crippen molar-refractivity contribution in [2.45, 2.75) is 25.4 Å². The third kappa shape index (κ3) is 2.73. The van der Waals surface area contributed by atoms with Crippen molar-refractivity contribution in [3.8, 4) is 17.1 Å². The summed E-state index contributed by atoms with van der Waals surface area (Å²) < 4.78 is 1.62. The van der Waals surface area contributed by atoms with E-state index in [0.29, 0.717) is 29.1 Å². The summed E-state index contributed by atoms with van der Waals surface area (Å²) in [4.78, 5) is 38.4. The number of benzene rings is 2. The fraction of sp³-hybridized carbons (Fsp3) is 0.182. The number of H-pyrrole nitrogens is 1. The minimum Gasteiger partial charge on any atom is -0.322 e. The van der Waals surface area contributed by atoms with E-state index in [1.165, 1.54) is 4.90 Å². The Morgan fingerprint density at radius 2 is 1.91 bits per heavy atom. The Morgan fingerprint density at radius 1 is 1.03 bits per heavy atom. The smallest absolute Gasteiger partial charge is 0.255 e. The van der Waals surface area contributed by atoms with Gasteiger partial charge in [0.1, 0.15) is 17.4 Å². The lowest BCUT2D eigenvalue weighted by atomic mass is 10.0. The van der Waals surface area contributed by atoms with Crippen LogP contribution in [0.25, 0.3) is 28.0 Å². The van der Waals surface area contributed by atoms with Gasteiger partial charge in [-0.25, -0.2) is 4.68 Å². The second-order valence-corrected chi connectivity index (χ2v) is 7.87. The van der Waals surface area contributed by atoms with E-state index >= 15 is 0 Å². The van der Waals surface area contributed by atoms with Crippen LogP contribution in [0.2, 0.25) is 0 Å². The molecule has 0 saturated carbocycles. The molecular weight excluding hydrogens is 410 g/mol. The van der Waals surface area contributed by atoms with Crippen LogP contribution in [0.3, 0.4) is 0 Å². The van der Waals surface area contributed by atoms with Gasteiger partial charge in [-0.1, -0.05) is 29.5 Å². The largest absolute Gasteiger partial charge is 0.322 e. The lowest BCUT2D eigenvalue weighted by Gasteiger charge is -2.29. The van der Waals surface area contributed by atoms with Gasteiger partial charge < -0.3 is 4.90 Å². The van der Waals surface area contributed by atoms with E-state index in [-0.39, 0.29) is 24.8 Å². The van der Waals surface area contributed by atoms with Gasteiger partial charge in [0.25, 0.3) is 5.91 Å². The van der Waals surface area contributed by atoms with E-state index in [2.05, 4.69) is 25.8 Å². The summed E-state index contributed by atoms with van der Waals surface area (Å²) >= 11 is 0. The Balaban J connectivity index is 1.36. The predicted octanol–water partition coefficient (Wildman–Crippen LogP) is 1.57. The number of nitrogens with zero attached hydrogens (tertiary/aromatic N) is 5. The highest BCUT2D eigenvalue weighted by Crippen LogP contribution is 2.32. The van der Waals surface area contributed by atoms with E-state index in [9.17, 15) is 14.4 Å². The van der Waals surface area contributed by atoms with Crippen LogP contribution in [0.4, 0.5) is 0 Å². The topological polar surface area (TPSA) is 126 Å². The van der Waals surface area contributed by atoms with Crippen LogP contribution in [-0.2, 0) is 16.1 Å². The molecule has 32 heavy (non-hydrogen) atoms. The van der Waals surface area contributed by atoms with Crippen LogP contribution in [0, 0.1) is 0 Å². The minimum absolute atomic E-state index is 0.216. The predicted molar refractivity (Wildman–Crippen MR) is 112 cm³/mol. The van der Waals surface area contributed by atoms with Gasteiger partial charge in [0.05, 0.1) is 17.4 Å². The number of imide groups is 1. The number of para-hydroxylation sites is 1. The molecule has 1 unspecified atom stereocenters. The summed E-state index contributed by atoms with van der Waals surface area (Å²) in [5.41, 5.74) is 4.21. The van der Waals surface area contributed by atoms with E-state index in [4.69, 9.17) is 0 Å². The van der Waals surface area contributed by atoms with Crippen molar-refractivity contribution in [3.63, 3.8) is 0 Å². The molecule has 1 atom stereocenters. The lowest BCUT2D eigenvalue weighted by Crippen LogP contribution is -2.52. The molecular formula is C22H17N7O3. The number of carbonyl (C=O) groups is 3. The number of aromatic amines is 1. The highest BCUT2D eigenvalue weighted by Gasteiger charge is 2.40. The Labute approximate surface area is 181 Å². The van der Waals surface area contributed by atoms with Gasteiger partial charge in [-0.05, 0) is 24.6 Å². The maximum atomic E-state index is 13.0. The van der Waals surface area contributed by atoms with Gasteiger partial charge in [-0.3, -0.25) is 24.8 Å². The average molecular weight is 427 g/mol. The maximum absolute atomic E-state index is 13.0. The first-order valence-corrected chi connectivity index (χ1v) is 10.2. The van der Waals surface area contributed by atoms with Gasteiger partial charge in [-0.15, -0.1) is 5.10 Å². The van der Waals surface area contributed by atoms with Gasteiger partial charge in [-0.2, -0.15) is 5.10 Å². The molecule has 2 aromatic carbocycles. The fourth-order valence-corrected chi connectivity index (χ4v) is 4.43. The fourth-order valence-electron chi connectivity index (χ4n) is 4.43. The van der Waals surface area contributed by atoms with Crippen molar-refractivity contribution < 1.29 is 14.4 Å². The molecule has 1 saturated heterocycles. The molecule has 158 valence electrons. The van der Waals surface area contributed by atoms with Crippen LogP contribution < -0.4 is 5.32 Å². The third-order valence-electron chi connectivity index (χ3n) is 6.01. The number of carbonyl (C=O) groups excluding carboxylic acids is 3. The zero-order valence-corrected chi connectivity index (χ0v) is 16.8. The second-order valence-electron chi connectivity index (χ2n) is 7.87. The van der Waals surface area contributed by atoms with Crippen LogP contribution >= 0.6 is 0 Å². The zero-order chi connectivity index (χ0) is 21.8. The summed E-state index contributed by atoms with van der Waals surface area (Å²) in [6.07, 6.45) is 2.31. The summed E-state index contributed by atoms with van der Waals surface area (Å²) in [5, 5.41) is 19.2. The minimum atomic E-state index is -0.665. The summed E-state index contributed by atoms with van der Waals surface area (Å²) in [5.74, 6) is -0.968. The van der Waals surface area contributed by atoms with E-state index in [1.54, 1.807) is 23.0 Å². The quantitative estimate of drug-likeness (QED) is 0.478. The molecule has 1 fully saturated rings. The van der Waals surface area contributed by atoms with Crippen molar-refractivity contribution in [3.05, 3.63) is 59.8 Å². The number of amides is 3. The van der Waals surface area contributed by atoms with Gasteiger partial charge in [0.2, 0.25) is 11.8 Å². The molecule has 2 aromatic heterocycles. The van der Waals surface area contributed by atoms with Crippen LogP contribution in [0.15, 0.2) is 48.7 Å². The molecule has 3 amide bonds. The molecule has 0 bridgehead atoms. The first-order chi connectivity index (χ1) is 15.6. The van der Waals surface area contributed by atoms with Gasteiger partial charge in [0.15, 0.2) is 0 Å². The lowest BCUT2D eigenvalue weighted by molar-refractivity contribution is -0.136. The van der Waals surface area contributed by atoms with Gasteiger partial charge in [0, 0.05) is 29.5 Å². The van der Waals surface area contributed by atoms with Crippen molar-refractivity contribution in [2.75, 3.05) is 0 Å². The number of piperidine rings is 1. The highest BCUT2D eigenvalue weighted by atomic mass is 16.2. The number of fused-ring (bicyclic) bond motifs is 2. The number of aromatic nitrogens is 5. The van der Waals surface area contributed by atoms with Crippen molar-refractivity contribution in [1.29, 1.82) is 0 Å². The van der Waals surface area contributed by atoms with Crippen LogP contribution in [0.5, 0.6) is 0 Å². The number of nitrogens with one attached hydrogen (secondary N) is 2. The molecule has 2 aliphatic rings. The van der Waals surface area contributed by atoms with Crippen molar-refractivity contribution in [2.24, 2.45) is 0 Å². The number of hydrogen-bond acceptors (Lipinski definition) is 6. The summed E-state index contributed by atoms with van der Waals surface area (Å²) in [6.45, 7) is 0.261. The average Bonchev–Trinajstić information content (AvgIpc) is 3.51. The molecule has 10 nitrogen and oxygen atoms in total. The van der Waals surface area contributed by atoms with E-state index < -0.39 is 11.9 Å². The molecule has 0 radical (unpaired) electrons. The Kier molecular flexibility index (Phi) is 3.94. The Hall–Kier alpha value is -4.34. The molecule has 10 heteroatoms. The highest BCUT2D eigenvalue weighted by molar-refractivity contribution is 6.05. The molecule has 0 spiro atoms. The first kappa shape index (κ1) is 18.4. The second kappa shape index (κ2) is 6.84. The molecule has 0 aliphatic carbocycles. The van der Waals surface area contributed by atoms with Crippen LogP contribution in [0.1, 0.15) is 28.8 Å². The van der Waals surface area contributed by atoms with Gasteiger partial charge >= 0.3 is 0 Å². The molecule has 2 N–H and O–H groups in total. The van der Waals surface area contributed by atoms with E-state index in [1.807, 2.05) is 30.3 Å². The van der Waals surface area contributed by atoms with Crippen LogP contribution in [-0.4, -0.2) is 53.9 Å². The monoisotopic (exact) mass is 427 g/mol. The first-order valence-electron chi connectivity index (χ1n) is 10.2. The maximum Gasteiger partial charge on any atom is 0.255 e. The standard InChI is InChI=1S/C22H17N7O3/c30-19-9-8-18(21(31)23-19)28-10-14-12(22(28)32)5-3-7-17(14)29-11-16(25-27-29)20-13-4-1-2-6-15(13)24-26-20/h1-7,11,18H,8-10H2,(H,24,26)(H,23,30,31). The Bertz CT molecular complexity index is 1420. The summed E-state index contributed by atoms with van der Waals surface area (Å²) in [7, 11) is 0. The Morgan fingerprint density at radius 3 is 2.78 bits per heavy atom. The number of rotatable bonds is 3. The molecule has 4 aromatic rings. The summed E-state index contributed by atoms with van der Waals surface area (Å²) in [6, 6.07) is 12.5. The molecule has 2 aliphatic heterocycles. The zero-order valence-electron chi connectivity index (χ0n) is 16.8. The van der Waals surface area contributed by atoms with Crippen molar-refractivity contribution in [1.82, 2.24) is 35.4 Å². The molecule has 6 rings (SSSR count). The van der Waals surface area contributed by atoms with Crippen molar-refractivity contribution >= 4 is 28.6 Å².